The van der Waals surface area contributed by atoms with Crippen molar-refractivity contribution in [3.63, 3.8) is 0 Å². The van der Waals surface area contributed by atoms with Gasteiger partial charge in [0.1, 0.15) is 5.75 Å². The zero-order valence-corrected chi connectivity index (χ0v) is 19.2. The average Bonchev–Trinajstić information content (AvgIpc) is 2.85. The van der Waals surface area contributed by atoms with Crippen LogP contribution in [-0.4, -0.2) is 30.9 Å². The Kier molecular flexibility index (Phi) is 4.93. The highest BCUT2D eigenvalue weighted by atomic mass is 16.5. The molecule has 0 aliphatic rings. The van der Waals surface area contributed by atoms with E-state index in [9.17, 15) is 4.79 Å². The van der Waals surface area contributed by atoms with E-state index in [1.165, 1.54) is 0 Å². The number of fused-ring (bicyclic) bond motifs is 5. The van der Waals surface area contributed by atoms with Gasteiger partial charge in [-0.25, -0.2) is 0 Å². The van der Waals surface area contributed by atoms with Crippen molar-refractivity contribution >= 4 is 32.4 Å². The normalized spacial score (nSPS) is 11.3. The van der Waals surface area contributed by atoms with Gasteiger partial charge in [0.25, 0.3) is 5.56 Å². The second kappa shape index (κ2) is 7.81. The second-order valence-electron chi connectivity index (χ2n) is 7.99. The quantitative estimate of drug-likeness (QED) is 0.358. The SMILES string of the molecule is COc1cc2c(ccc3c4ccc(C)c(OC)c4c(=O)n(C)c23)c(-c2cccnc2)c1OC. The van der Waals surface area contributed by atoms with Crippen molar-refractivity contribution < 1.29 is 14.2 Å². The molecule has 0 fully saturated rings. The van der Waals surface area contributed by atoms with Crippen molar-refractivity contribution in [1.82, 2.24) is 9.55 Å². The molecule has 5 aromatic rings. The molecule has 2 aromatic heterocycles. The molecule has 0 saturated carbocycles. The fourth-order valence-electron chi connectivity index (χ4n) is 4.80. The summed E-state index contributed by atoms with van der Waals surface area (Å²) in [6.07, 6.45) is 3.53. The number of hydrogen-bond acceptors (Lipinski definition) is 5. The molecule has 5 rings (SSSR count). The van der Waals surface area contributed by atoms with Crippen LogP contribution in [0, 0.1) is 6.92 Å². The van der Waals surface area contributed by atoms with Crippen LogP contribution < -0.4 is 19.8 Å². The number of methoxy groups -OCH3 is 3. The Morgan fingerprint density at radius 2 is 1.58 bits per heavy atom. The summed E-state index contributed by atoms with van der Waals surface area (Å²) in [6.45, 7) is 1.94. The monoisotopic (exact) mass is 440 g/mol. The van der Waals surface area contributed by atoms with Gasteiger partial charge in [0, 0.05) is 46.7 Å². The molecule has 0 aliphatic heterocycles. The maximum Gasteiger partial charge on any atom is 0.262 e. The van der Waals surface area contributed by atoms with E-state index in [0.717, 1.165) is 43.8 Å². The molecular weight excluding hydrogens is 416 g/mol. The van der Waals surface area contributed by atoms with Crippen molar-refractivity contribution in [2.45, 2.75) is 6.92 Å². The predicted molar refractivity (Wildman–Crippen MR) is 132 cm³/mol. The van der Waals surface area contributed by atoms with E-state index in [1.54, 1.807) is 45.3 Å². The van der Waals surface area contributed by atoms with Crippen LogP contribution in [0.25, 0.3) is 43.6 Å². The summed E-state index contributed by atoms with van der Waals surface area (Å²) in [5.41, 5.74) is 3.41. The number of aromatic nitrogens is 2. The van der Waals surface area contributed by atoms with E-state index in [2.05, 4.69) is 17.1 Å². The number of aryl methyl sites for hydroxylation is 2. The molecule has 0 bridgehead atoms. The van der Waals surface area contributed by atoms with Crippen LogP contribution in [-0.2, 0) is 7.05 Å². The molecule has 6 heteroatoms. The molecular formula is C27H24N2O4. The summed E-state index contributed by atoms with van der Waals surface area (Å²) in [5, 5.41) is 4.24. The summed E-state index contributed by atoms with van der Waals surface area (Å²) >= 11 is 0. The van der Waals surface area contributed by atoms with E-state index in [-0.39, 0.29) is 5.56 Å². The number of rotatable bonds is 4. The summed E-state index contributed by atoms with van der Waals surface area (Å²) in [7, 11) is 6.64. The van der Waals surface area contributed by atoms with Crippen LogP contribution in [0.2, 0.25) is 0 Å². The summed E-state index contributed by atoms with van der Waals surface area (Å²) in [4.78, 5) is 17.9. The van der Waals surface area contributed by atoms with E-state index < -0.39 is 0 Å². The van der Waals surface area contributed by atoms with Crippen molar-refractivity contribution in [3.05, 3.63) is 70.8 Å². The van der Waals surface area contributed by atoms with Gasteiger partial charge in [-0.15, -0.1) is 0 Å². The molecule has 0 amide bonds. The molecule has 3 aromatic carbocycles. The smallest absolute Gasteiger partial charge is 0.262 e. The maximum absolute atomic E-state index is 13.6. The van der Waals surface area contributed by atoms with Gasteiger partial charge >= 0.3 is 0 Å². The molecule has 33 heavy (non-hydrogen) atoms. The summed E-state index contributed by atoms with van der Waals surface area (Å²) < 4.78 is 18.8. The second-order valence-corrected chi connectivity index (χ2v) is 7.99. The largest absolute Gasteiger partial charge is 0.496 e. The Hall–Kier alpha value is -4.06. The molecule has 166 valence electrons. The fourth-order valence-corrected chi connectivity index (χ4v) is 4.80. The first kappa shape index (κ1) is 20.8. The molecule has 0 unspecified atom stereocenters. The lowest BCUT2D eigenvalue weighted by Crippen LogP contribution is -2.18. The lowest BCUT2D eigenvalue weighted by Gasteiger charge is -2.19. The Morgan fingerprint density at radius 1 is 0.848 bits per heavy atom. The standard InChI is InChI=1S/C27H24N2O4/c1-15-8-9-17-19-11-10-18-20(24(19)29(2)27(30)23(17)25(15)32-4)13-21(31-3)26(33-5)22(18)16-7-6-12-28-14-16/h6-14H,1-5H3. The first-order valence-electron chi connectivity index (χ1n) is 10.6. The lowest BCUT2D eigenvalue weighted by molar-refractivity contribution is 0.357. The minimum atomic E-state index is -0.108. The highest BCUT2D eigenvalue weighted by Crippen LogP contribution is 2.46. The van der Waals surface area contributed by atoms with Crippen LogP contribution in [0.5, 0.6) is 17.2 Å². The summed E-state index contributed by atoms with van der Waals surface area (Å²) in [6, 6.07) is 13.9. The third-order valence-corrected chi connectivity index (χ3v) is 6.29. The molecule has 0 spiro atoms. The molecule has 0 atom stereocenters. The van der Waals surface area contributed by atoms with Crippen LogP contribution in [0.1, 0.15) is 5.56 Å². The minimum Gasteiger partial charge on any atom is -0.496 e. The molecule has 6 nitrogen and oxygen atoms in total. The van der Waals surface area contributed by atoms with Gasteiger partial charge in [-0.3, -0.25) is 9.78 Å². The van der Waals surface area contributed by atoms with E-state index in [0.29, 0.717) is 22.6 Å². The van der Waals surface area contributed by atoms with Crippen molar-refractivity contribution in [3.8, 4) is 28.4 Å². The van der Waals surface area contributed by atoms with Gasteiger partial charge in [-0.1, -0.05) is 30.3 Å². The first-order chi connectivity index (χ1) is 16.0. The van der Waals surface area contributed by atoms with Crippen molar-refractivity contribution in [1.29, 1.82) is 0 Å². The van der Waals surface area contributed by atoms with E-state index >= 15 is 0 Å². The van der Waals surface area contributed by atoms with Gasteiger partial charge in [-0.2, -0.15) is 0 Å². The number of pyridine rings is 2. The third kappa shape index (κ3) is 2.94. The Bertz CT molecular complexity index is 1600. The Morgan fingerprint density at radius 3 is 2.24 bits per heavy atom. The average molecular weight is 440 g/mol. The topological polar surface area (TPSA) is 62.6 Å². The van der Waals surface area contributed by atoms with Gasteiger partial charge in [-0.05, 0) is 30.0 Å². The van der Waals surface area contributed by atoms with Gasteiger partial charge in [0.05, 0.1) is 32.2 Å². The summed E-state index contributed by atoms with van der Waals surface area (Å²) in [5.74, 6) is 1.82. The zero-order chi connectivity index (χ0) is 23.3. The van der Waals surface area contributed by atoms with Crippen LogP contribution >= 0.6 is 0 Å². The van der Waals surface area contributed by atoms with Crippen LogP contribution in [0.4, 0.5) is 0 Å². The zero-order valence-electron chi connectivity index (χ0n) is 19.2. The van der Waals surface area contributed by atoms with Crippen molar-refractivity contribution in [2.75, 3.05) is 21.3 Å². The molecule has 0 aliphatic carbocycles. The third-order valence-electron chi connectivity index (χ3n) is 6.29. The van der Waals surface area contributed by atoms with E-state index in [4.69, 9.17) is 14.2 Å². The molecule has 0 N–H and O–H groups in total. The van der Waals surface area contributed by atoms with Crippen LogP contribution in [0.15, 0.2) is 59.7 Å². The molecule has 0 radical (unpaired) electrons. The predicted octanol–water partition coefficient (Wildman–Crippen LogP) is 5.24. The molecule has 0 saturated heterocycles. The van der Waals surface area contributed by atoms with Crippen molar-refractivity contribution in [2.24, 2.45) is 7.05 Å². The number of hydrogen-bond donors (Lipinski definition) is 0. The van der Waals surface area contributed by atoms with Gasteiger partial charge in [0.2, 0.25) is 0 Å². The van der Waals surface area contributed by atoms with E-state index in [1.807, 2.05) is 37.3 Å². The minimum absolute atomic E-state index is 0.108. The highest BCUT2D eigenvalue weighted by Gasteiger charge is 2.21. The fraction of sp³-hybridized carbons (Fsp3) is 0.185. The van der Waals surface area contributed by atoms with Crippen LogP contribution in [0.3, 0.4) is 0 Å². The maximum atomic E-state index is 13.6. The highest BCUT2D eigenvalue weighted by molar-refractivity contribution is 6.19. The number of ether oxygens (including phenoxy) is 3. The Labute approximate surface area is 191 Å². The number of nitrogens with zero attached hydrogens (tertiary/aromatic N) is 2. The molecule has 2 heterocycles. The number of benzene rings is 3. The lowest BCUT2D eigenvalue weighted by atomic mass is 9.93. The van der Waals surface area contributed by atoms with Gasteiger partial charge < -0.3 is 18.8 Å². The first-order valence-corrected chi connectivity index (χ1v) is 10.6. The van der Waals surface area contributed by atoms with Gasteiger partial charge in [0.15, 0.2) is 11.5 Å². The Balaban J connectivity index is 2.05.